The van der Waals surface area contributed by atoms with Gasteiger partial charge in [-0.25, -0.2) is 0 Å². The Morgan fingerprint density at radius 3 is 2.94 bits per heavy atom. The molecule has 1 saturated carbocycles. The largest absolute Gasteiger partial charge is 0.341 e. The van der Waals surface area contributed by atoms with Crippen molar-refractivity contribution in [1.29, 1.82) is 0 Å². The highest BCUT2D eigenvalue weighted by Gasteiger charge is 2.61. The third-order valence-electron chi connectivity index (χ3n) is 3.76. The molecule has 1 aromatic heterocycles. The van der Waals surface area contributed by atoms with Crippen LogP contribution in [-0.2, 0) is 10.2 Å². The Labute approximate surface area is 126 Å². The fourth-order valence-electron chi connectivity index (χ4n) is 2.60. The number of nitrogens with zero attached hydrogens (tertiary/aromatic N) is 1. The van der Waals surface area contributed by atoms with E-state index in [4.69, 9.17) is 5.73 Å². The lowest BCUT2D eigenvalue weighted by molar-refractivity contribution is -0.133. The lowest BCUT2D eigenvalue weighted by Crippen LogP contribution is -2.41. The highest BCUT2D eigenvalue weighted by atomic mass is 127. The molecule has 1 fully saturated rings. The van der Waals surface area contributed by atoms with Crippen molar-refractivity contribution in [2.75, 3.05) is 24.1 Å². The summed E-state index contributed by atoms with van der Waals surface area (Å²) in [6.07, 6.45) is 0.917. The molecule has 0 radical (unpaired) electrons. The Bertz CT molecular complexity index is 409. The van der Waals surface area contributed by atoms with Crippen LogP contribution in [0, 0.1) is 5.92 Å². The van der Waals surface area contributed by atoms with E-state index < -0.39 is 0 Å². The van der Waals surface area contributed by atoms with Gasteiger partial charge in [-0.1, -0.05) is 28.7 Å². The van der Waals surface area contributed by atoms with Crippen LogP contribution in [0.5, 0.6) is 0 Å². The van der Waals surface area contributed by atoms with E-state index in [9.17, 15) is 4.79 Å². The summed E-state index contributed by atoms with van der Waals surface area (Å²) in [5.74, 6) is 0.603. The lowest BCUT2D eigenvalue weighted by Gasteiger charge is -2.26. The Balaban J connectivity index is 2.24. The summed E-state index contributed by atoms with van der Waals surface area (Å²) in [7, 11) is 0. The minimum absolute atomic E-state index is 0.277. The van der Waals surface area contributed by atoms with Gasteiger partial charge in [0.15, 0.2) is 0 Å². The third-order valence-corrected chi connectivity index (χ3v) is 5.29. The Morgan fingerprint density at radius 2 is 2.50 bits per heavy atom. The van der Waals surface area contributed by atoms with Gasteiger partial charge in [-0.2, -0.15) is 0 Å². The summed E-state index contributed by atoms with van der Waals surface area (Å²) >= 11 is 4.00. The first kappa shape index (κ1) is 14.3. The monoisotopic (exact) mass is 378 g/mol. The molecule has 1 aliphatic rings. The smallest absolute Gasteiger partial charge is 0.234 e. The van der Waals surface area contributed by atoms with Crippen molar-refractivity contribution in [3.05, 3.63) is 22.4 Å². The molecule has 5 heteroatoms. The lowest BCUT2D eigenvalue weighted by atomic mass is 9.99. The van der Waals surface area contributed by atoms with Crippen LogP contribution in [0.2, 0.25) is 0 Å². The quantitative estimate of drug-likeness (QED) is 0.610. The second-order valence-corrected chi connectivity index (χ2v) is 6.69. The van der Waals surface area contributed by atoms with Gasteiger partial charge in [0.2, 0.25) is 5.91 Å². The van der Waals surface area contributed by atoms with Gasteiger partial charge in [0.25, 0.3) is 0 Å². The number of thiophene rings is 1. The van der Waals surface area contributed by atoms with Crippen LogP contribution in [0.4, 0.5) is 0 Å². The van der Waals surface area contributed by atoms with E-state index in [1.165, 1.54) is 4.88 Å². The highest BCUT2D eigenvalue weighted by molar-refractivity contribution is 14.1. The van der Waals surface area contributed by atoms with E-state index in [1.807, 2.05) is 23.3 Å². The minimum atomic E-state index is -0.301. The van der Waals surface area contributed by atoms with Crippen LogP contribution in [0.15, 0.2) is 17.5 Å². The summed E-state index contributed by atoms with van der Waals surface area (Å²) in [6.45, 7) is 4.27. The number of alkyl halides is 1. The maximum Gasteiger partial charge on any atom is 0.234 e. The summed E-state index contributed by atoms with van der Waals surface area (Å²) in [4.78, 5) is 16.0. The average molecular weight is 378 g/mol. The van der Waals surface area contributed by atoms with Crippen LogP contribution < -0.4 is 5.73 Å². The van der Waals surface area contributed by atoms with Crippen LogP contribution in [-0.4, -0.2) is 34.9 Å². The minimum Gasteiger partial charge on any atom is -0.341 e. The first-order valence-electron chi connectivity index (χ1n) is 6.30. The first-order chi connectivity index (χ1) is 8.70. The van der Waals surface area contributed by atoms with Gasteiger partial charge in [0.1, 0.15) is 0 Å². The predicted molar refractivity (Wildman–Crippen MR) is 84.3 cm³/mol. The van der Waals surface area contributed by atoms with Crippen LogP contribution in [0.1, 0.15) is 18.2 Å². The molecule has 0 aliphatic heterocycles. The van der Waals surface area contributed by atoms with E-state index in [0.29, 0.717) is 12.5 Å². The molecule has 1 heterocycles. The molecule has 0 spiro atoms. The molecular formula is C13H19IN2OS. The van der Waals surface area contributed by atoms with Crippen LogP contribution in [0.3, 0.4) is 0 Å². The molecule has 1 aliphatic carbocycles. The molecule has 18 heavy (non-hydrogen) atoms. The number of nitrogens with two attached hydrogens (primary N) is 1. The number of carbonyl (C=O) groups excluding carboxylic acids is 1. The normalized spacial score (nSPS) is 26.1. The Kier molecular flexibility index (Phi) is 4.66. The Morgan fingerprint density at radius 1 is 1.72 bits per heavy atom. The molecular weight excluding hydrogens is 359 g/mol. The second kappa shape index (κ2) is 5.88. The molecule has 2 atom stereocenters. The maximum absolute atomic E-state index is 12.8. The molecule has 0 saturated heterocycles. The molecule has 2 rings (SSSR count). The topological polar surface area (TPSA) is 46.3 Å². The van der Waals surface area contributed by atoms with E-state index in [1.54, 1.807) is 11.3 Å². The molecule has 1 amide bonds. The fraction of sp³-hybridized carbons (Fsp3) is 0.615. The summed E-state index contributed by atoms with van der Waals surface area (Å²) in [5.41, 5.74) is 5.50. The van der Waals surface area contributed by atoms with Crippen molar-refractivity contribution in [3.8, 4) is 0 Å². The van der Waals surface area contributed by atoms with Gasteiger partial charge in [-0.15, -0.1) is 11.3 Å². The van der Waals surface area contributed by atoms with Crippen molar-refractivity contribution in [1.82, 2.24) is 4.90 Å². The number of hydrogen-bond donors (Lipinski definition) is 1. The van der Waals surface area contributed by atoms with E-state index >= 15 is 0 Å². The second-order valence-electron chi connectivity index (χ2n) is 4.66. The zero-order valence-electron chi connectivity index (χ0n) is 10.6. The van der Waals surface area contributed by atoms with Crippen molar-refractivity contribution in [2.45, 2.75) is 18.8 Å². The predicted octanol–water partition coefficient (Wildman–Crippen LogP) is 2.25. The van der Waals surface area contributed by atoms with Gasteiger partial charge in [-0.05, 0) is 37.3 Å². The number of halogens is 1. The molecule has 3 nitrogen and oxygen atoms in total. The van der Waals surface area contributed by atoms with Crippen LogP contribution >= 0.6 is 33.9 Å². The summed E-state index contributed by atoms with van der Waals surface area (Å²) < 4.78 is 0.977. The number of rotatable bonds is 6. The van der Waals surface area contributed by atoms with Gasteiger partial charge >= 0.3 is 0 Å². The fourth-order valence-corrected chi connectivity index (χ4v) is 4.19. The number of likely N-dealkylation sites (N-methyl/N-ethyl adjacent to an activating group) is 1. The van der Waals surface area contributed by atoms with Crippen LogP contribution in [0.25, 0.3) is 0 Å². The van der Waals surface area contributed by atoms with E-state index in [-0.39, 0.29) is 11.3 Å². The van der Waals surface area contributed by atoms with Gasteiger partial charge in [-0.3, -0.25) is 4.79 Å². The van der Waals surface area contributed by atoms with Gasteiger partial charge in [0.05, 0.1) is 5.41 Å². The average Bonchev–Trinajstić information content (AvgIpc) is 2.88. The van der Waals surface area contributed by atoms with Crippen molar-refractivity contribution >= 4 is 39.8 Å². The zero-order chi connectivity index (χ0) is 13.2. The molecule has 0 unspecified atom stereocenters. The van der Waals surface area contributed by atoms with Gasteiger partial charge < -0.3 is 10.6 Å². The van der Waals surface area contributed by atoms with E-state index in [2.05, 4.69) is 28.7 Å². The molecule has 100 valence electrons. The Hall–Kier alpha value is -0.140. The molecule has 1 aromatic rings. The number of hydrogen-bond acceptors (Lipinski definition) is 3. The SMILES string of the molecule is CCN(CCI)C(=O)[C@@]1(c2cccs2)C[C@H]1CN. The van der Waals surface area contributed by atoms with Crippen molar-refractivity contribution in [2.24, 2.45) is 11.7 Å². The molecule has 2 N–H and O–H groups in total. The van der Waals surface area contributed by atoms with Crippen molar-refractivity contribution in [3.63, 3.8) is 0 Å². The standard InChI is InChI=1S/C13H19IN2OS/c1-2-16(6-5-14)12(17)13(8-10(13)9-15)11-4-3-7-18-11/h3-4,7,10H,2,5-6,8-9,15H2,1H3/t10-,13-/m0/s1. The number of amides is 1. The summed E-state index contributed by atoms with van der Waals surface area (Å²) in [6, 6.07) is 4.10. The number of carbonyl (C=O) groups is 1. The molecule has 0 aromatic carbocycles. The molecule has 0 bridgehead atoms. The highest BCUT2D eigenvalue weighted by Crippen LogP contribution is 2.56. The maximum atomic E-state index is 12.8. The van der Waals surface area contributed by atoms with E-state index in [0.717, 1.165) is 23.9 Å². The summed E-state index contributed by atoms with van der Waals surface area (Å²) in [5, 5.41) is 2.05. The first-order valence-corrected chi connectivity index (χ1v) is 8.70. The third kappa shape index (κ3) is 2.32. The zero-order valence-corrected chi connectivity index (χ0v) is 13.5. The van der Waals surface area contributed by atoms with Gasteiger partial charge in [0, 0.05) is 22.4 Å². The van der Waals surface area contributed by atoms with Crippen molar-refractivity contribution < 1.29 is 4.79 Å².